The number of hydrogen-bond acceptors (Lipinski definition) is 5. The minimum atomic E-state index is -4.61. The van der Waals surface area contributed by atoms with E-state index < -0.39 is 12.0 Å². The third-order valence-electron chi connectivity index (χ3n) is 3.61. The number of aryl methyl sites for hydroxylation is 1. The van der Waals surface area contributed by atoms with Crippen molar-refractivity contribution < 1.29 is 13.2 Å². The minimum absolute atomic E-state index is 0.0245. The summed E-state index contributed by atoms with van der Waals surface area (Å²) in [5, 5.41) is 8.90. The second-order valence-corrected chi connectivity index (χ2v) is 7.25. The summed E-state index contributed by atoms with van der Waals surface area (Å²) in [4.78, 5) is 8.69. The lowest BCUT2D eigenvalue weighted by Gasteiger charge is -2.21. The van der Waals surface area contributed by atoms with Crippen molar-refractivity contribution in [2.45, 2.75) is 39.4 Å². The molecular formula is C16H18F3N5S. The summed E-state index contributed by atoms with van der Waals surface area (Å²) < 4.78 is 39.9. The number of anilines is 1. The van der Waals surface area contributed by atoms with Crippen LogP contribution in [0, 0.1) is 12.8 Å². The van der Waals surface area contributed by atoms with Gasteiger partial charge in [0.15, 0.2) is 0 Å². The van der Waals surface area contributed by atoms with Crippen LogP contribution < -0.4 is 5.32 Å². The van der Waals surface area contributed by atoms with Gasteiger partial charge in [-0.2, -0.15) is 22.7 Å². The Kier molecular flexibility index (Phi) is 4.68. The Labute approximate surface area is 146 Å². The molecule has 134 valence electrons. The van der Waals surface area contributed by atoms with Gasteiger partial charge in [0.05, 0.1) is 6.04 Å². The fraction of sp³-hybridized carbons (Fsp3) is 0.438. The third-order valence-corrected chi connectivity index (χ3v) is 4.60. The molecule has 0 fully saturated rings. The molecule has 0 saturated carbocycles. The number of fused-ring (bicyclic) bond motifs is 1. The van der Waals surface area contributed by atoms with Gasteiger partial charge in [0.1, 0.15) is 5.82 Å². The van der Waals surface area contributed by atoms with Crippen LogP contribution in [-0.4, -0.2) is 19.6 Å². The highest BCUT2D eigenvalue weighted by Crippen LogP contribution is 2.31. The molecule has 1 atom stereocenters. The fourth-order valence-corrected chi connectivity index (χ4v) is 3.39. The van der Waals surface area contributed by atoms with Crippen LogP contribution in [0.5, 0.6) is 0 Å². The van der Waals surface area contributed by atoms with Gasteiger partial charge < -0.3 is 5.32 Å². The molecule has 0 aliphatic carbocycles. The summed E-state index contributed by atoms with van der Waals surface area (Å²) >= 11 is 1.61. The fourth-order valence-electron chi connectivity index (χ4n) is 2.60. The van der Waals surface area contributed by atoms with Crippen LogP contribution in [0.1, 0.15) is 42.7 Å². The molecule has 5 nitrogen and oxygen atoms in total. The lowest BCUT2D eigenvalue weighted by atomic mass is 10.0. The number of halogens is 3. The predicted octanol–water partition coefficient (Wildman–Crippen LogP) is 4.71. The zero-order valence-corrected chi connectivity index (χ0v) is 14.8. The molecule has 0 bridgehead atoms. The Balaban J connectivity index is 2.02. The number of rotatable bonds is 5. The number of alkyl halides is 3. The van der Waals surface area contributed by atoms with E-state index >= 15 is 0 Å². The number of hydrogen-bond donors (Lipinski definition) is 1. The molecule has 0 saturated heterocycles. The van der Waals surface area contributed by atoms with Gasteiger partial charge in [-0.05, 0) is 30.7 Å². The molecule has 0 aliphatic rings. The summed E-state index contributed by atoms with van der Waals surface area (Å²) in [5.74, 6) is -0.390. The number of aromatic nitrogens is 4. The lowest BCUT2D eigenvalue weighted by molar-refractivity contribution is -0.144. The van der Waals surface area contributed by atoms with E-state index in [2.05, 4.69) is 34.2 Å². The number of thiophene rings is 1. The monoisotopic (exact) mass is 369 g/mol. The largest absolute Gasteiger partial charge is 0.453 e. The van der Waals surface area contributed by atoms with E-state index in [0.29, 0.717) is 17.4 Å². The predicted molar refractivity (Wildman–Crippen MR) is 90.7 cm³/mol. The normalized spacial score (nSPS) is 13.6. The van der Waals surface area contributed by atoms with E-state index in [9.17, 15) is 13.2 Å². The molecule has 1 N–H and O–H groups in total. The second kappa shape index (κ2) is 6.62. The molecule has 1 unspecified atom stereocenters. The number of nitrogens with one attached hydrogen (secondary N) is 1. The first-order valence-electron chi connectivity index (χ1n) is 7.85. The summed E-state index contributed by atoms with van der Waals surface area (Å²) in [6.45, 7) is 5.93. The van der Waals surface area contributed by atoms with E-state index in [1.165, 1.54) is 0 Å². The van der Waals surface area contributed by atoms with E-state index in [4.69, 9.17) is 0 Å². The average molecular weight is 369 g/mol. The van der Waals surface area contributed by atoms with Gasteiger partial charge in [-0.25, -0.2) is 4.98 Å². The topological polar surface area (TPSA) is 55.1 Å². The van der Waals surface area contributed by atoms with E-state index in [0.717, 1.165) is 15.8 Å². The first kappa shape index (κ1) is 17.7. The molecule has 0 radical (unpaired) electrons. The van der Waals surface area contributed by atoms with Crippen molar-refractivity contribution >= 4 is 22.9 Å². The van der Waals surface area contributed by atoms with Gasteiger partial charge in [-0.1, -0.05) is 19.9 Å². The molecule has 0 amide bonds. The summed E-state index contributed by atoms with van der Waals surface area (Å²) in [7, 11) is 0. The molecule has 0 spiro atoms. The Morgan fingerprint density at radius 2 is 2.04 bits per heavy atom. The smallest absolute Gasteiger partial charge is 0.362 e. The van der Waals surface area contributed by atoms with Crippen LogP contribution in [0.25, 0.3) is 5.78 Å². The second-order valence-electron chi connectivity index (χ2n) is 6.27. The highest BCUT2D eigenvalue weighted by molar-refractivity contribution is 7.10. The Morgan fingerprint density at radius 1 is 1.28 bits per heavy atom. The molecule has 9 heteroatoms. The number of nitrogens with zero attached hydrogens (tertiary/aromatic N) is 4. The molecule has 3 aromatic heterocycles. The highest BCUT2D eigenvalue weighted by Gasteiger charge is 2.37. The Hall–Kier alpha value is -2.16. The molecule has 3 rings (SSSR count). The molecule has 3 aromatic rings. The van der Waals surface area contributed by atoms with Gasteiger partial charge in [0, 0.05) is 16.6 Å². The molecule has 0 aromatic carbocycles. The molecule has 25 heavy (non-hydrogen) atoms. The lowest BCUT2D eigenvalue weighted by Crippen LogP contribution is -2.15. The van der Waals surface area contributed by atoms with Crippen LogP contribution in [0.15, 0.2) is 23.6 Å². The van der Waals surface area contributed by atoms with Crippen LogP contribution in [0.3, 0.4) is 0 Å². The van der Waals surface area contributed by atoms with Crippen molar-refractivity contribution in [1.82, 2.24) is 19.6 Å². The molecular weight excluding hydrogens is 351 g/mol. The Morgan fingerprint density at radius 3 is 2.64 bits per heavy atom. The first-order valence-corrected chi connectivity index (χ1v) is 8.73. The quantitative estimate of drug-likeness (QED) is 0.707. The van der Waals surface area contributed by atoms with Crippen molar-refractivity contribution in [3.63, 3.8) is 0 Å². The van der Waals surface area contributed by atoms with Crippen LogP contribution in [0.4, 0.5) is 19.0 Å². The van der Waals surface area contributed by atoms with E-state index in [1.807, 2.05) is 17.5 Å². The summed E-state index contributed by atoms with van der Waals surface area (Å²) in [5.41, 5.74) is 0.575. The van der Waals surface area contributed by atoms with Crippen molar-refractivity contribution in [3.8, 4) is 0 Å². The van der Waals surface area contributed by atoms with Crippen LogP contribution in [0.2, 0.25) is 0 Å². The zero-order valence-electron chi connectivity index (χ0n) is 14.0. The highest BCUT2D eigenvalue weighted by atomic mass is 32.1. The van der Waals surface area contributed by atoms with Crippen LogP contribution >= 0.6 is 11.3 Å². The van der Waals surface area contributed by atoms with Crippen molar-refractivity contribution in [1.29, 1.82) is 0 Å². The van der Waals surface area contributed by atoms with Crippen LogP contribution in [-0.2, 0) is 6.18 Å². The van der Waals surface area contributed by atoms with Gasteiger partial charge in [0.2, 0.25) is 0 Å². The minimum Gasteiger partial charge on any atom is -0.362 e. The molecule has 3 heterocycles. The molecule has 0 aliphatic heterocycles. The zero-order chi connectivity index (χ0) is 18.2. The Bertz CT molecular complexity index is 855. The maximum absolute atomic E-state index is 12.9. The standard InChI is InChI=1S/C16H18F3N5S/c1-9(2)7-11(12-5-4-6-25-12)21-13-8-10(3)20-15-22-14(16(17,18)19)23-24(13)15/h4-6,8-9,11,21H,7H2,1-3H3. The van der Waals surface area contributed by atoms with Crippen molar-refractivity contribution in [2.24, 2.45) is 5.92 Å². The van der Waals surface area contributed by atoms with Gasteiger partial charge in [-0.15, -0.1) is 16.4 Å². The summed E-state index contributed by atoms with van der Waals surface area (Å²) in [6, 6.07) is 5.63. The van der Waals surface area contributed by atoms with Gasteiger partial charge >= 0.3 is 6.18 Å². The maximum Gasteiger partial charge on any atom is 0.453 e. The maximum atomic E-state index is 12.9. The van der Waals surface area contributed by atoms with Crippen molar-refractivity contribution in [2.75, 3.05) is 5.32 Å². The van der Waals surface area contributed by atoms with E-state index in [-0.39, 0.29) is 11.8 Å². The van der Waals surface area contributed by atoms with Gasteiger partial charge in [0.25, 0.3) is 11.6 Å². The van der Waals surface area contributed by atoms with Crippen molar-refractivity contribution in [3.05, 3.63) is 40.0 Å². The average Bonchev–Trinajstić information content (AvgIpc) is 3.14. The van der Waals surface area contributed by atoms with Gasteiger partial charge in [-0.3, -0.25) is 0 Å². The first-order chi connectivity index (χ1) is 11.7. The van der Waals surface area contributed by atoms with E-state index in [1.54, 1.807) is 24.3 Å². The summed E-state index contributed by atoms with van der Waals surface area (Å²) in [6.07, 6.45) is -3.77. The third kappa shape index (κ3) is 3.92. The SMILES string of the molecule is Cc1cc(NC(CC(C)C)c2cccs2)n2nc(C(F)(F)F)nc2n1.